The Kier molecular flexibility index (Phi) is 3.10. The monoisotopic (exact) mass is 259 g/mol. The van der Waals surface area contributed by atoms with E-state index in [0.29, 0.717) is 25.3 Å². The van der Waals surface area contributed by atoms with Crippen molar-refractivity contribution >= 4 is 16.6 Å². The molecule has 4 N–H and O–H groups in total. The van der Waals surface area contributed by atoms with Crippen LogP contribution in [0.25, 0.3) is 10.9 Å². The van der Waals surface area contributed by atoms with E-state index < -0.39 is 12.2 Å². The van der Waals surface area contributed by atoms with Crippen molar-refractivity contribution in [3.8, 4) is 0 Å². The minimum absolute atomic E-state index is 0.486. The number of hydrogen-bond donors (Lipinski definition) is 3. The number of aliphatic hydroxyl groups is 2. The minimum atomic E-state index is -0.659. The van der Waals surface area contributed by atoms with E-state index in [2.05, 4.69) is 4.98 Å². The van der Waals surface area contributed by atoms with Crippen LogP contribution in [0, 0.1) is 0 Å². The largest absolute Gasteiger partial charge is 0.398 e. The molecule has 1 aliphatic rings. The normalized spacial score (nSPS) is 24.1. The second-order valence-corrected chi connectivity index (χ2v) is 5.04. The molecule has 2 aromatic rings. The third-order valence-electron chi connectivity index (χ3n) is 3.62. The number of nitrogens with two attached hydrogens (primary N) is 1. The summed E-state index contributed by atoms with van der Waals surface area (Å²) in [5, 5.41) is 20.1. The van der Waals surface area contributed by atoms with E-state index >= 15 is 0 Å². The Balaban J connectivity index is 1.92. The number of benzene rings is 1. The first-order valence-electron chi connectivity index (χ1n) is 6.35. The van der Waals surface area contributed by atoms with Crippen LogP contribution in [0.3, 0.4) is 0 Å². The molecule has 1 aromatic carbocycles. The van der Waals surface area contributed by atoms with Gasteiger partial charge in [-0.05, 0) is 23.8 Å². The van der Waals surface area contributed by atoms with Crippen LogP contribution < -0.4 is 5.73 Å². The quantitative estimate of drug-likeness (QED) is 0.678. The van der Waals surface area contributed by atoms with Gasteiger partial charge in [0.15, 0.2) is 0 Å². The van der Waals surface area contributed by atoms with E-state index in [1.807, 2.05) is 29.2 Å². The first-order chi connectivity index (χ1) is 9.15. The van der Waals surface area contributed by atoms with Gasteiger partial charge in [-0.3, -0.25) is 9.88 Å². The zero-order valence-electron chi connectivity index (χ0n) is 10.5. The van der Waals surface area contributed by atoms with E-state index in [4.69, 9.17) is 5.73 Å². The zero-order valence-corrected chi connectivity index (χ0v) is 10.5. The molecular weight excluding hydrogens is 242 g/mol. The van der Waals surface area contributed by atoms with Crippen LogP contribution in [-0.2, 0) is 6.54 Å². The Hall–Kier alpha value is -1.69. The number of nitrogen functional groups attached to an aromatic ring is 1. The summed E-state index contributed by atoms with van der Waals surface area (Å²) in [6.45, 7) is 1.63. The topological polar surface area (TPSA) is 82.6 Å². The maximum absolute atomic E-state index is 9.58. The molecule has 19 heavy (non-hydrogen) atoms. The van der Waals surface area contributed by atoms with E-state index in [9.17, 15) is 10.2 Å². The average Bonchev–Trinajstić information content (AvgIpc) is 2.72. The molecule has 0 spiro atoms. The zero-order chi connectivity index (χ0) is 13.4. The molecule has 5 nitrogen and oxygen atoms in total. The van der Waals surface area contributed by atoms with Gasteiger partial charge in [0.05, 0.1) is 17.7 Å². The molecule has 2 atom stereocenters. The number of fused-ring (bicyclic) bond motifs is 1. The summed E-state index contributed by atoms with van der Waals surface area (Å²) in [7, 11) is 0. The van der Waals surface area contributed by atoms with Crippen molar-refractivity contribution in [2.24, 2.45) is 0 Å². The minimum Gasteiger partial charge on any atom is -0.398 e. The Bertz CT molecular complexity index is 592. The number of likely N-dealkylation sites (tertiary alicyclic amines) is 1. The van der Waals surface area contributed by atoms with Crippen LogP contribution in [0.4, 0.5) is 5.69 Å². The van der Waals surface area contributed by atoms with Gasteiger partial charge >= 0.3 is 0 Å². The van der Waals surface area contributed by atoms with Crippen LogP contribution in [0.15, 0.2) is 30.5 Å². The number of aromatic nitrogens is 1. The van der Waals surface area contributed by atoms with Gasteiger partial charge in [0.25, 0.3) is 0 Å². The smallest absolute Gasteiger partial charge is 0.0938 e. The van der Waals surface area contributed by atoms with Crippen LogP contribution in [0.2, 0.25) is 0 Å². The van der Waals surface area contributed by atoms with E-state index in [1.54, 1.807) is 6.20 Å². The highest BCUT2D eigenvalue weighted by molar-refractivity contribution is 5.92. The Morgan fingerprint density at radius 1 is 1.21 bits per heavy atom. The number of nitrogens with zero attached hydrogens (tertiary/aromatic N) is 2. The summed E-state index contributed by atoms with van der Waals surface area (Å²) >= 11 is 0. The number of pyridine rings is 1. The average molecular weight is 259 g/mol. The van der Waals surface area contributed by atoms with Crippen molar-refractivity contribution in [3.05, 3.63) is 36.0 Å². The predicted molar refractivity (Wildman–Crippen MR) is 73.4 cm³/mol. The highest BCUT2D eigenvalue weighted by atomic mass is 16.3. The maximum atomic E-state index is 9.58. The lowest BCUT2D eigenvalue weighted by Gasteiger charge is -2.16. The highest BCUT2D eigenvalue weighted by Gasteiger charge is 2.29. The molecule has 0 bridgehead atoms. The molecule has 0 aliphatic carbocycles. The lowest BCUT2D eigenvalue weighted by atomic mass is 10.1. The van der Waals surface area contributed by atoms with E-state index in [1.165, 1.54) is 0 Å². The molecule has 3 rings (SSSR count). The SMILES string of the molecule is Nc1ccc(CN2CC(O)C(O)C2)c2ncccc12. The molecule has 1 fully saturated rings. The number of hydrogen-bond acceptors (Lipinski definition) is 5. The molecule has 5 heteroatoms. The van der Waals surface area contributed by atoms with Gasteiger partial charge in [-0.15, -0.1) is 0 Å². The van der Waals surface area contributed by atoms with Gasteiger partial charge < -0.3 is 15.9 Å². The molecule has 2 unspecified atom stereocenters. The number of rotatable bonds is 2. The molecule has 1 aromatic heterocycles. The maximum Gasteiger partial charge on any atom is 0.0938 e. The molecule has 0 amide bonds. The fraction of sp³-hybridized carbons (Fsp3) is 0.357. The molecule has 0 saturated carbocycles. The van der Waals surface area contributed by atoms with E-state index in [0.717, 1.165) is 16.5 Å². The third kappa shape index (κ3) is 2.28. The summed E-state index contributed by atoms with van der Waals surface area (Å²) in [4.78, 5) is 6.41. The Morgan fingerprint density at radius 3 is 2.68 bits per heavy atom. The molecule has 1 aliphatic heterocycles. The van der Waals surface area contributed by atoms with Gasteiger partial charge in [-0.25, -0.2) is 0 Å². The van der Waals surface area contributed by atoms with Gasteiger partial charge in [-0.1, -0.05) is 6.07 Å². The summed E-state index contributed by atoms with van der Waals surface area (Å²) in [5.41, 5.74) is 8.61. The molecule has 100 valence electrons. The molecule has 0 radical (unpaired) electrons. The van der Waals surface area contributed by atoms with E-state index in [-0.39, 0.29) is 0 Å². The van der Waals surface area contributed by atoms with Crippen molar-refractivity contribution in [2.45, 2.75) is 18.8 Å². The van der Waals surface area contributed by atoms with Gasteiger partial charge in [0, 0.05) is 36.9 Å². The second kappa shape index (κ2) is 4.77. The van der Waals surface area contributed by atoms with Gasteiger partial charge in [0.1, 0.15) is 0 Å². The summed E-state index contributed by atoms with van der Waals surface area (Å²) in [6, 6.07) is 7.66. The standard InChI is InChI=1S/C14H17N3O2/c15-11-4-3-9(14-10(11)2-1-5-16-14)6-17-7-12(18)13(19)8-17/h1-5,12-13,18-19H,6-8,15H2. The van der Waals surface area contributed by atoms with Crippen LogP contribution in [0.1, 0.15) is 5.56 Å². The van der Waals surface area contributed by atoms with Gasteiger partial charge in [-0.2, -0.15) is 0 Å². The predicted octanol–water partition coefficient (Wildman–Crippen LogP) is 0.354. The van der Waals surface area contributed by atoms with Crippen molar-refractivity contribution < 1.29 is 10.2 Å². The van der Waals surface area contributed by atoms with Crippen LogP contribution in [0.5, 0.6) is 0 Å². The number of aliphatic hydroxyl groups excluding tert-OH is 2. The summed E-state index contributed by atoms with van der Waals surface area (Å²) < 4.78 is 0. The van der Waals surface area contributed by atoms with Crippen LogP contribution in [-0.4, -0.2) is 45.4 Å². The molecular formula is C14H17N3O2. The summed E-state index contributed by atoms with van der Waals surface area (Å²) in [5.74, 6) is 0. The number of anilines is 1. The first-order valence-corrected chi connectivity index (χ1v) is 6.35. The van der Waals surface area contributed by atoms with Crippen molar-refractivity contribution in [3.63, 3.8) is 0 Å². The number of β-amino-alcohol motifs (C(OH)–C–C–N with tert-alkyl or cyclic N) is 2. The highest BCUT2D eigenvalue weighted by Crippen LogP contribution is 2.24. The lowest BCUT2D eigenvalue weighted by Crippen LogP contribution is -2.22. The molecule has 2 heterocycles. The second-order valence-electron chi connectivity index (χ2n) is 5.04. The first kappa shape index (κ1) is 12.3. The molecule has 1 saturated heterocycles. The summed E-state index contributed by atoms with van der Waals surface area (Å²) in [6.07, 6.45) is 0.430. The van der Waals surface area contributed by atoms with Crippen LogP contribution >= 0.6 is 0 Å². The lowest BCUT2D eigenvalue weighted by molar-refractivity contribution is 0.0572. The Morgan fingerprint density at radius 2 is 1.95 bits per heavy atom. The third-order valence-corrected chi connectivity index (χ3v) is 3.62. The fourth-order valence-corrected chi connectivity index (χ4v) is 2.60. The van der Waals surface area contributed by atoms with Crippen molar-refractivity contribution in [1.29, 1.82) is 0 Å². The van der Waals surface area contributed by atoms with Crippen molar-refractivity contribution in [1.82, 2.24) is 9.88 Å². The van der Waals surface area contributed by atoms with Crippen molar-refractivity contribution in [2.75, 3.05) is 18.8 Å². The fourth-order valence-electron chi connectivity index (χ4n) is 2.60. The Labute approximate surface area is 111 Å². The van der Waals surface area contributed by atoms with Gasteiger partial charge in [0.2, 0.25) is 0 Å².